The Bertz CT molecular complexity index is 1110. The van der Waals surface area contributed by atoms with Gasteiger partial charge in [0.2, 0.25) is 5.91 Å². The Hall–Kier alpha value is -3.05. The van der Waals surface area contributed by atoms with Crippen molar-refractivity contribution in [3.05, 3.63) is 108 Å². The molecule has 0 spiro atoms. The van der Waals surface area contributed by atoms with Crippen molar-refractivity contribution in [1.82, 2.24) is 10.2 Å². The Morgan fingerprint density at radius 3 is 2.00 bits per heavy atom. The fourth-order valence-corrected chi connectivity index (χ4v) is 6.81. The molecular weight excluding hydrogens is 428 g/mol. The van der Waals surface area contributed by atoms with Gasteiger partial charge in [-0.2, -0.15) is 0 Å². The van der Waals surface area contributed by atoms with Crippen molar-refractivity contribution in [2.75, 3.05) is 6.54 Å². The van der Waals surface area contributed by atoms with E-state index in [2.05, 4.69) is 43.4 Å². The quantitative estimate of drug-likeness (QED) is 0.551. The first-order valence-electron chi connectivity index (χ1n) is 11.3. The minimum absolute atomic E-state index is 0.00435. The van der Waals surface area contributed by atoms with Gasteiger partial charge in [0.1, 0.15) is 5.37 Å². The maximum Gasteiger partial charge on any atom is 0.253 e. The van der Waals surface area contributed by atoms with E-state index in [1.807, 2.05) is 71.6 Å². The smallest absolute Gasteiger partial charge is 0.253 e. The van der Waals surface area contributed by atoms with E-state index in [0.29, 0.717) is 6.54 Å². The Morgan fingerprint density at radius 1 is 0.939 bits per heavy atom. The molecule has 2 atom stereocenters. The van der Waals surface area contributed by atoms with Crippen LogP contribution in [0.4, 0.5) is 0 Å². The molecule has 3 aromatic rings. The highest BCUT2D eigenvalue weighted by Crippen LogP contribution is 2.57. The monoisotopic (exact) mass is 456 g/mol. The lowest BCUT2D eigenvalue weighted by Crippen LogP contribution is -2.80. The largest absolute Gasteiger partial charge is 0.338 e. The van der Waals surface area contributed by atoms with E-state index < -0.39 is 5.54 Å². The first kappa shape index (κ1) is 21.8. The zero-order valence-electron chi connectivity index (χ0n) is 18.9. The van der Waals surface area contributed by atoms with Crippen LogP contribution in [-0.4, -0.2) is 38.9 Å². The third-order valence-corrected chi connectivity index (χ3v) is 8.16. The number of carbonyl (C=O) groups is 2. The van der Waals surface area contributed by atoms with Crippen molar-refractivity contribution >= 4 is 23.6 Å². The Morgan fingerprint density at radius 2 is 1.45 bits per heavy atom. The lowest BCUT2D eigenvalue weighted by molar-refractivity contribution is -0.159. The van der Waals surface area contributed by atoms with Gasteiger partial charge in [-0.05, 0) is 30.5 Å². The minimum atomic E-state index is -1.03. The molecule has 0 aromatic heterocycles. The summed E-state index contributed by atoms with van der Waals surface area (Å²) in [6.07, 6.45) is 0.243. The molecule has 1 N–H and O–H groups in total. The second-order valence-corrected chi connectivity index (χ2v) is 11.3. The number of benzene rings is 3. The molecule has 2 heterocycles. The predicted octanol–water partition coefficient (Wildman–Crippen LogP) is 4.61. The van der Waals surface area contributed by atoms with Crippen molar-refractivity contribution < 1.29 is 9.59 Å². The van der Waals surface area contributed by atoms with Crippen molar-refractivity contribution in [2.24, 2.45) is 0 Å². The molecular formula is C28H28N2O2S. The van der Waals surface area contributed by atoms with Crippen LogP contribution < -0.4 is 5.32 Å². The molecule has 2 saturated heterocycles. The summed E-state index contributed by atoms with van der Waals surface area (Å²) in [6, 6.07) is 29.9. The standard InChI is InChI=1S/C28H28N2O2S/c1-27(2)19-30-25(32)28(26(30)33-27,29-23(31)18-20-12-6-3-7-13-20)24(21-14-8-4-9-15-21)22-16-10-5-11-17-22/h3-17,24,26H,18-19H2,1-2H3,(H,29,31)/t26-,28+/m0/s1. The van der Waals surface area contributed by atoms with Crippen LogP contribution in [-0.2, 0) is 16.0 Å². The summed E-state index contributed by atoms with van der Waals surface area (Å²) in [4.78, 5) is 29.3. The van der Waals surface area contributed by atoms with Gasteiger partial charge in [0.05, 0.1) is 6.42 Å². The molecule has 2 fully saturated rings. The number of rotatable bonds is 6. The number of nitrogens with zero attached hydrogens (tertiary/aromatic N) is 1. The number of β-lactam (4-membered cyclic amide) rings is 1. The maximum absolute atomic E-state index is 13.9. The molecule has 0 aliphatic carbocycles. The molecule has 2 aliphatic heterocycles. The molecule has 5 rings (SSSR count). The summed E-state index contributed by atoms with van der Waals surface area (Å²) in [7, 11) is 0. The van der Waals surface area contributed by atoms with E-state index in [-0.39, 0.29) is 34.3 Å². The van der Waals surface area contributed by atoms with E-state index in [4.69, 9.17) is 0 Å². The molecule has 0 unspecified atom stereocenters. The Kier molecular flexibility index (Phi) is 5.53. The average molecular weight is 457 g/mol. The summed E-state index contributed by atoms with van der Waals surface area (Å²) in [5.74, 6) is -0.407. The first-order valence-corrected chi connectivity index (χ1v) is 12.2. The van der Waals surface area contributed by atoms with E-state index in [0.717, 1.165) is 16.7 Å². The van der Waals surface area contributed by atoms with Crippen LogP contribution >= 0.6 is 11.8 Å². The van der Waals surface area contributed by atoms with Gasteiger partial charge < -0.3 is 10.2 Å². The predicted molar refractivity (Wildman–Crippen MR) is 133 cm³/mol. The highest BCUT2D eigenvalue weighted by molar-refractivity contribution is 8.01. The molecule has 168 valence electrons. The SMILES string of the molecule is CC1(C)CN2C(=O)[C@](NC(=O)Cc3ccccc3)(C(c3ccccc3)c3ccccc3)[C@@H]2S1. The normalized spacial score (nSPS) is 23.2. The fourth-order valence-electron chi connectivity index (χ4n) is 5.21. The number of hydrogen-bond donors (Lipinski definition) is 1. The van der Waals surface area contributed by atoms with Gasteiger partial charge >= 0.3 is 0 Å². The molecule has 0 saturated carbocycles. The third kappa shape index (κ3) is 3.84. The Labute approximate surface area is 199 Å². The molecule has 0 bridgehead atoms. The lowest BCUT2D eigenvalue weighted by Gasteiger charge is -2.56. The van der Waals surface area contributed by atoms with Crippen LogP contribution in [0.2, 0.25) is 0 Å². The topological polar surface area (TPSA) is 49.4 Å². The van der Waals surface area contributed by atoms with Crippen LogP contribution in [0, 0.1) is 0 Å². The zero-order chi connectivity index (χ0) is 23.1. The van der Waals surface area contributed by atoms with Gasteiger partial charge in [0.25, 0.3) is 5.91 Å². The van der Waals surface area contributed by atoms with Crippen molar-refractivity contribution in [1.29, 1.82) is 0 Å². The summed E-state index contributed by atoms with van der Waals surface area (Å²) in [5, 5.41) is 3.16. The highest BCUT2D eigenvalue weighted by atomic mass is 32.2. The Balaban J connectivity index is 1.60. The number of nitrogens with one attached hydrogen (secondary N) is 1. The average Bonchev–Trinajstić information content (AvgIpc) is 3.13. The van der Waals surface area contributed by atoms with Crippen LogP contribution in [0.3, 0.4) is 0 Å². The summed E-state index contributed by atoms with van der Waals surface area (Å²) >= 11 is 1.78. The molecule has 2 aliphatic rings. The molecule has 4 nitrogen and oxygen atoms in total. The highest BCUT2D eigenvalue weighted by Gasteiger charge is 2.70. The number of thioether (sulfide) groups is 1. The van der Waals surface area contributed by atoms with E-state index >= 15 is 0 Å². The zero-order valence-corrected chi connectivity index (χ0v) is 19.7. The number of fused-ring (bicyclic) bond motifs is 1. The van der Waals surface area contributed by atoms with E-state index in [1.54, 1.807) is 11.8 Å². The van der Waals surface area contributed by atoms with Gasteiger partial charge in [0.15, 0.2) is 5.54 Å². The second-order valence-electron chi connectivity index (χ2n) is 9.50. The molecule has 33 heavy (non-hydrogen) atoms. The van der Waals surface area contributed by atoms with Crippen LogP contribution in [0.5, 0.6) is 0 Å². The van der Waals surface area contributed by atoms with Gasteiger partial charge in [-0.15, -0.1) is 11.8 Å². The summed E-state index contributed by atoms with van der Waals surface area (Å²) in [5.41, 5.74) is 1.96. The molecule has 5 heteroatoms. The molecule has 2 amide bonds. The minimum Gasteiger partial charge on any atom is -0.338 e. The van der Waals surface area contributed by atoms with E-state index in [9.17, 15) is 9.59 Å². The fraction of sp³-hybridized carbons (Fsp3) is 0.286. The number of carbonyl (C=O) groups excluding carboxylic acids is 2. The lowest BCUT2D eigenvalue weighted by atomic mass is 9.69. The second kappa shape index (κ2) is 8.38. The van der Waals surface area contributed by atoms with Crippen LogP contribution in [0.1, 0.15) is 36.5 Å². The molecule has 3 aromatic carbocycles. The van der Waals surface area contributed by atoms with Crippen molar-refractivity contribution in [3.63, 3.8) is 0 Å². The van der Waals surface area contributed by atoms with Crippen molar-refractivity contribution in [3.8, 4) is 0 Å². The van der Waals surface area contributed by atoms with E-state index in [1.165, 1.54) is 0 Å². The van der Waals surface area contributed by atoms with Gasteiger partial charge in [-0.25, -0.2) is 0 Å². The third-order valence-electron chi connectivity index (χ3n) is 6.54. The van der Waals surface area contributed by atoms with Gasteiger partial charge in [0, 0.05) is 17.2 Å². The maximum atomic E-state index is 13.9. The van der Waals surface area contributed by atoms with Crippen LogP contribution in [0.25, 0.3) is 0 Å². The number of amides is 2. The first-order chi connectivity index (χ1) is 15.9. The van der Waals surface area contributed by atoms with Gasteiger partial charge in [-0.3, -0.25) is 9.59 Å². The number of hydrogen-bond acceptors (Lipinski definition) is 3. The summed E-state index contributed by atoms with van der Waals surface area (Å²) in [6.45, 7) is 5.02. The van der Waals surface area contributed by atoms with Crippen LogP contribution in [0.15, 0.2) is 91.0 Å². The molecule has 0 radical (unpaired) electrons. The summed E-state index contributed by atoms with van der Waals surface area (Å²) < 4.78 is -0.0653. The van der Waals surface area contributed by atoms with Crippen molar-refractivity contribution in [2.45, 2.75) is 41.8 Å². The van der Waals surface area contributed by atoms with Gasteiger partial charge in [-0.1, -0.05) is 91.0 Å².